The lowest BCUT2D eigenvalue weighted by Crippen LogP contribution is -2.58. The standard InChI is InChI=1S/C56H56N4O8/c1-53(2,3)27-13-23-37(55(7,8)9)39(25-27)57-45(61)29-15-19-33-43-34(20-16-30(41(29)43)46(57)62)50(66)59(49(33)65)60-51(67)35-21-17-31-42-32(18-22-36(44(35)42)52(60)68)48(64)58(47(31)63)40-26-28(54(4,5)6)14-24-38(40)56(10,11)12/h13,15-23,25,28,38,40H,14,24,26H2,1-12H3. The molecular formula is C56H56N4O8. The van der Waals surface area contributed by atoms with Crippen molar-refractivity contribution in [2.75, 3.05) is 4.90 Å². The van der Waals surface area contributed by atoms with Crippen molar-refractivity contribution in [2.24, 2.45) is 22.7 Å². The van der Waals surface area contributed by atoms with Crippen molar-refractivity contribution in [1.29, 1.82) is 0 Å². The van der Waals surface area contributed by atoms with E-state index < -0.39 is 52.7 Å². The van der Waals surface area contributed by atoms with Crippen LogP contribution in [0.5, 0.6) is 0 Å². The monoisotopic (exact) mass is 912 g/mol. The number of carbonyl (C=O) groups excluding carboxylic acids is 8. The van der Waals surface area contributed by atoms with Crippen molar-refractivity contribution in [2.45, 2.75) is 119 Å². The highest BCUT2D eigenvalue weighted by Crippen LogP contribution is 2.50. The van der Waals surface area contributed by atoms with E-state index in [4.69, 9.17) is 0 Å². The Hall–Kier alpha value is -6.82. The lowest BCUT2D eigenvalue weighted by atomic mass is 9.61. The molecule has 12 heteroatoms. The van der Waals surface area contributed by atoms with Crippen LogP contribution in [0.15, 0.2) is 66.7 Å². The average Bonchev–Trinajstić information content (AvgIpc) is 3.25. The van der Waals surface area contributed by atoms with Gasteiger partial charge in [-0.05, 0) is 118 Å². The van der Waals surface area contributed by atoms with Gasteiger partial charge in [-0.15, -0.1) is 0 Å². The molecule has 5 aromatic carbocycles. The van der Waals surface area contributed by atoms with Gasteiger partial charge in [-0.2, -0.15) is 10.0 Å². The number of benzene rings is 5. The largest absolute Gasteiger partial charge is 0.281 e. The first-order valence-corrected chi connectivity index (χ1v) is 23.5. The van der Waals surface area contributed by atoms with Crippen LogP contribution >= 0.6 is 0 Å². The molecule has 0 saturated heterocycles. The van der Waals surface area contributed by atoms with Gasteiger partial charge in [0.05, 0.1) is 27.9 Å². The van der Waals surface area contributed by atoms with Crippen LogP contribution in [-0.2, 0) is 10.8 Å². The van der Waals surface area contributed by atoms with Gasteiger partial charge in [0, 0.05) is 49.8 Å². The molecule has 68 heavy (non-hydrogen) atoms. The van der Waals surface area contributed by atoms with E-state index in [-0.39, 0.29) is 100 Å². The maximum absolute atomic E-state index is 14.7. The van der Waals surface area contributed by atoms with E-state index in [0.717, 1.165) is 24.0 Å². The van der Waals surface area contributed by atoms with Crippen LogP contribution < -0.4 is 4.90 Å². The third kappa shape index (κ3) is 6.24. The molecule has 0 N–H and O–H groups in total. The van der Waals surface area contributed by atoms with Crippen LogP contribution in [0.1, 0.15) is 196 Å². The zero-order chi connectivity index (χ0) is 49.2. The number of hydrogen-bond acceptors (Lipinski definition) is 8. The molecule has 5 aromatic rings. The zero-order valence-corrected chi connectivity index (χ0v) is 40.8. The summed E-state index contributed by atoms with van der Waals surface area (Å²) < 4.78 is 0. The molecule has 1 fully saturated rings. The molecule has 3 atom stereocenters. The minimum Gasteiger partial charge on any atom is -0.271 e. The molecule has 5 aliphatic rings. The van der Waals surface area contributed by atoms with Crippen molar-refractivity contribution < 1.29 is 38.4 Å². The minimum atomic E-state index is -1.01. The van der Waals surface area contributed by atoms with Gasteiger partial charge in [0.1, 0.15) is 0 Å². The zero-order valence-electron chi connectivity index (χ0n) is 40.8. The average molecular weight is 913 g/mol. The molecule has 10 rings (SSSR count). The van der Waals surface area contributed by atoms with Gasteiger partial charge in [0.15, 0.2) is 0 Å². The Morgan fingerprint density at radius 2 is 0.779 bits per heavy atom. The van der Waals surface area contributed by atoms with Crippen LogP contribution in [0.2, 0.25) is 0 Å². The molecule has 1 saturated carbocycles. The van der Waals surface area contributed by atoms with E-state index in [2.05, 4.69) is 41.5 Å². The van der Waals surface area contributed by atoms with Crippen LogP contribution in [0.4, 0.5) is 5.69 Å². The minimum absolute atomic E-state index is 0.0327. The Balaban J connectivity index is 1.03. The maximum Gasteiger partial charge on any atom is 0.281 e. The van der Waals surface area contributed by atoms with Crippen molar-refractivity contribution in [3.8, 4) is 0 Å². The Bertz CT molecular complexity index is 3100. The summed E-state index contributed by atoms with van der Waals surface area (Å²) in [4.78, 5) is 120. The fraction of sp³-hybridized carbons (Fsp3) is 0.393. The molecular weight excluding hydrogens is 857 g/mol. The van der Waals surface area contributed by atoms with Gasteiger partial charge in [-0.25, -0.2) is 4.90 Å². The summed E-state index contributed by atoms with van der Waals surface area (Å²) >= 11 is 0. The highest BCUT2D eigenvalue weighted by molar-refractivity contribution is 6.40. The first-order valence-electron chi connectivity index (χ1n) is 23.5. The SMILES string of the molecule is CC(C)(C)c1ccc(C(C)(C)C)c(N2C(=O)c3ccc4c5c(ccc(c35)C2=O)C(=O)N(N2C(=O)c3ccc5c6c(ccc(c36)C2=O)C(=O)N(C2CC(C(C)(C)C)CCC2C(C)(C)C)C5=O)C4=O)c1. The third-order valence-corrected chi connectivity index (χ3v) is 15.4. The van der Waals surface area contributed by atoms with E-state index in [1.54, 1.807) is 0 Å². The summed E-state index contributed by atoms with van der Waals surface area (Å²) in [6, 6.07) is 16.9. The molecule has 0 bridgehead atoms. The topological polar surface area (TPSA) is 150 Å². The summed E-state index contributed by atoms with van der Waals surface area (Å²) in [5.41, 5.74) is 1.45. The van der Waals surface area contributed by atoms with Crippen LogP contribution in [0.3, 0.4) is 0 Å². The molecule has 0 aromatic heterocycles. The second-order valence-electron chi connectivity index (χ2n) is 23.6. The van der Waals surface area contributed by atoms with Crippen LogP contribution in [0.25, 0.3) is 21.5 Å². The molecule has 4 heterocycles. The first-order chi connectivity index (χ1) is 31.6. The summed E-state index contributed by atoms with van der Waals surface area (Å²) in [6.45, 7) is 25.1. The lowest BCUT2D eigenvalue weighted by molar-refractivity contribution is 0.00202. The second kappa shape index (κ2) is 14.4. The molecule has 4 aliphatic heterocycles. The highest BCUT2D eigenvalue weighted by Gasteiger charge is 2.51. The number of amides is 8. The number of carbonyl (C=O) groups is 8. The Morgan fingerprint density at radius 3 is 1.12 bits per heavy atom. The second-order valence-corrected chi connectivity index (χ2v) is 23.6. The molecule has 12 nitrogen and oxygen atoms in total. The van der Waals surface area contributed by atoms with Gasteiger partial charge in [-0.3, -0.25) is 43.3 Å². The molecule has 8 amide bonds. The van der Waals surface area contributed by atoms with Gasteiger partial charge in [-0.1, -0.05) is 95.2 Å². The van der Waals surface area contributed by atoms with Gasteiger partial charge >= 0.3 is 0 Å². The predicted octanol–water partition coefficient (Wildman–Crippen LogP) is 10.7. The van der Waals surface area contributed by atoms with E-state index in [1.807, 2.05) is 59.7 Å². The van der Waals surface area contributed by atoms with Crippen molar-refractivity contribution >= 4 is 74.5 Å². The fourth-order valence-electron chi connectivity index (χ4n) is 11.7. The number of hydrogen-bond donors (Lipinski definition) is 0. The smallest absolute Gasteiger partial charge is 0.271 e. The van der Waals surface area contributed by atoms with E-state index in [0.29, 0.717) is 22.1 Å². The number of imide groups is 4. The van der Waals surface area contributed by atoms with Crippen LogP contribution in [-0.4, -0.2) is 68.2 Å². The van der Waals surface area contributed by atoms with Gasteiger partial charge in [0.2, 0.25) is 0 Å². The number of rotatable bonds is 3. The van der Waals surface area contributed by atoms with E-state index in [9.17, 15) is 38.4 Å². The lowest BCUT2D eigenvalue weighted by Gasteiger charge is -2.50. The summed E-state index contributed by atoms with van der Waals surface area (Å²) in [5, 5.41) is 1.53. The number of anilines is 1. The maximum atomic E-state index is 14.7. The Labute approximate surface area is 395 Å². The number of nitrogens with zero attached hydrogens (tertiary/aromatic N) is 4. The predicted molar refractivity (Wildman–Crippen MR) is 258 cm³/mol. The normalized spacial score (nSPS) is 21.0. The van der Waals surface area contributed by atoms with E-state index in [1.165, 1.54) is 58.3 Å². The van der Waals surface area contributed by atoms with Crippen molar-refractivity contribution in [3.63, 3.8) is 0 Å². The molecule has 1 aliphatic carbocycles. The first kappa shape index (κ1) is 45.0. The molecule has 0 spiro atoms. The summed E-state index contributed by atoms with van der Waals surface area (Å²) in [5.74, 6) is -5.93. The Morgan fingerprint density at radius 1 is 0.412 bits per heavy atom. The fourth-order valence-corrected chi connectivity index (χ4v) is 11.7. The number of hydrazine groups is 1. The van der Waals surface area contributed by atoms with Crippen LogP contribution in [0, 0.1) is 22.7 Å². The highest BCUT2D eigenvalue weighted by atomic mass is 16.2. The third-order valence-electron chi connectivity index (χ3n) is 15.4. The molecule has 3 unspecified atom stereocenters. The van der Waals surface area contributed by atoms with E-state index >= 15 is 0 Å². The van der Waals surface area contributed by atoms with Crippen molar-refractivity contribution in [3.05, 3.63) is 122 Å². The Kier molecular flexibility index (Phi) is 9.50. The van der Waals surface area contributed by atoms with Crippen molar-refractivity contribution in [1.82, 2.24) is 14.9 Å². The van der Waals surface area contributed by atoms with Gasteiger partial charge in [0.25, 0.3) is 47.3 Å². The molecule has 0 radical (unpaired) electrons. The van der Waals surface area contributed by atoms with Gasteiger partial charge < -0.3 is 0 Å². The summed E-state index contributed by atoms with van der Waals surface area (Å²) in [7, 11) is 0. The summed E-state index contributed by atoms with van der Waals surface area (Å²) in [6.07, 6.45) is 2.48. The molecule has 348 valence electrons. The quantitative estimate of drug-likeness (QED) is 0.162.